The third-order valence-corrected chi connectivity index (χ3v) is 4.55. The molecule has 1 aliphatic heterocycles. The lowest BCUT2D eigenvalue weighted by Gasteiger charge is -2.09. The van der Waals surface area contributed by atoms with Gasteiger partial charge in [-0.2, -0.15) is 0 Å². The average Bonchev–Trinajstić information content (AvgIpc) is 2.66. The Morgan fingerprint density at radius 1 is 1.37 bits per heavy atom. The van der Waals surface area contributed by atoms with E-state index in [1.807, 2.05) is 18.2 Å². The molecule has 1 atom stereocenters. The minimum atomic E-state index is -0.0569. The molecular weight excluding hydrogens is 282 g/mol. The first kappa shape index (κ1) is 12.8. The fourth-order valence-corrected chi connectivity index (χ4v) is 3.41. The van der Waals surface area contributed by atoms with E-state index < -0.39 is 0 Å². The van der Waals surface area contributed by atoms with Crippen molar-refractivity contribution in [3.05, 3.63) is 23.2 Å². The van der Waals surface area contributed by atoms with Gasteiger partial charge in [0, 0.05) is 11.6 Å². The number of halogens is 1. The number of benzene rings is 1. The lowest BCUT2D eigenvalue weighted by molar-refractivity contribution is -0.120. The highest BCUT2D eigenvalue weighted by atomic mass is 35.5. The maximum absolute atomic E-state index is 11.9. The number of rotatable bonds is 2. The number of nitrogens with zero attached hydrogens (tertiary/aromatic N) is 1. The van der Waals surface area contributed by atoms with Crippen molar-refractivity contribution in [1.29, 1.82) is 0 Å². The van der Waals surface area contributed by atoms with Gasteiger partial charge in [0.2, 0.25) is 5.91 Å². The summed E-state index contributed by atoms with van der Waals surface area (Å²) in [5.74, 6) is 0.112. The first-order chi connectivity index (χ1) is 9.22. The predicted molar refractivity (Wildman–Crippen MR) is 77.6 cm³/mol. The number of amides is 1. The van der Waals surface area contributed by atoms with E-state index in [2.05, 4.69) is 15.3 Å². The van der Waals surface area contributed by atoms with E-state index in [9.17, 15) is 4.79 Å². The average molecular weight is 296 g/mol. The van der Waals surface area contributed by atoms with Crippen LogP contribution in [-0.2, 0) is 4.79 Å². The van der Waals surface area contributed by atoms with Crippen LogP contribution in [0.15, 0.2) is 23.4 Å². The molecule has 0 radical (unpaired) electrons. The number of carbonyl (C=O) groups is 1. The summed E-state index contributed by atoms with van der Waals surface area (Å²) in [4.78, 5) is 19.6. The maximum atomic E-state index is 11.9. The Balaban J connectivity index is 1.82. The third kappa shape index (κ3) is 2.87. The molecule has 100 valence electrons. The molecule has 1 aromatic heterocycles. The molecule has 0 spiro atoms. The lowest BCUT2D eigenvalue weighted by Crippen LogP contribution is -2.30. The summed E-state index contributed by atoms with van der Waals surface area (Å²) in [6, 6.07) is 5.55. The zero-order valence-corrected chi connectivity index (χ0v) is 11.9. The molecule has 6 heteroatoms. The van der Waals surface area contributed by atoms with Gasteiger partial charge >= 0.3 is 0 Å². The minimum absolute atomic E-state index is 0.0569. The molecule has 1 fully saturated rings. The van der Waals surface area contributed by atoms with Gasteiger partial charge in [0.25, 0.3) is 0 Å². The summed E-state index contributed by atoms with van der Waals surface area (Å²) in [7, 11) is 0. The van der Waals surface area contributed by atoms with Crippen molar-refractivity contribution in [2.24, 2.45) is 0 Å². The third-order valence-electron chi connectivity index (χ3n) is 3.16. The van der Waals surface area contributed by atoms with Crippen LogP contribution in [0.5, 0.6) is 0 Å². The molecule has 0 bridgehead atoms. The number of aromatic nitrogens is 2. The van der Waals surface area contributed by atoms with Gasteiger partial charge in [0.05, 0.1) is 16.3 Å². The molecule has 19 heavy (non-hydrogen) atoms. The summed E-state index contributed by atoms with van der Waals surface area (Å²) in [6.45, 7) is 0.783. The van der Waals surface area contributed by atoms with Crippen LogP contribution in [0.3, 0.4) is 0 Å². The molecule has 1 aliphatic rings. The summed E-state index contributed by atoms with van der Waals surface area (Å²) in [5.41, 5.74) is 1.78. The smallest absolute Gasteiger partial charge is 0.233 e. The van der Waals surface area contributed by atoms with Crippen LogP contribution < -0.4 is 5.32 Å². The molecule has 2 heterocycles. The van der Waals surface area contributed by atoms with Gasteiger partial charge in [-0.25, -0.2) is 4.98 Å². The van der Waals surface area contributed by atoms with Gasteiger partial charge in [0.1, 0.15) is 0 Å². The predicted octanol–water partition coefficient (Wildman–Crippen LogP) is 2.98. The Labute approximate surface area is 120 Å². The van der Waals surface area contributed by atoms with E-state index in [4.69, 9.17) is 11.6 Å². The van der Waals surface area contributed by atoms with E-state index >= 15 is 0 Å². The van der Waals surface area contributed by atoms with Gasteiger partial charge in [-0.15, -0.1) is 0 Å². The molecule has 4 nitrogen and oxygen atoms in total. The Morgan fingerprint density at radius 2 is 2.26 bits per heavy atom. The molecule has 0 unspecified atom stereocenters. The Hall–Kier alpha value is -1.20. The van der Waals surface area contributed by atoms with Gasteiger partial charge in [-0.3, -0.25) is 4.79 Å². The summed E-state index contributed by atoms with van der Waals surface area (Å²) < 4.78 is 0. The molecule has 2 aromatic rings. The van der Waals surface area contributed by atoms with E-state index in [1.165, 1.54) is 11.8 Å². The zero-order valence-electron chi connectivity index (χ0n) is 10.3. The normalized spacial score (nSPS) is 20.3. The van der Waals surface area contributed by atoms with Gasteiger partial charge < -0.3 is 10.3 Å². The highest BCUT2D eigenvalue weighted by Gasteiger charge is 2.23. The molecule has 1 amide bonds. The van der Waals surface area contributed by atoms with E-state index in [1.54, 1.807) is 0 Å². The van der Waals surface area contributed by atoms with Crippen LogP contribution in [0.4, 0.5) is 0 Å². The minimum Gasteiger partial charge on any atom is -0.355 e. The summed E-state index contributed by atoms with van der Waals surface area (Å²) >= 11 is 7.44. The number of fused-ring (bicyclic) bond motifs is 1. The number of hydrogen-bond acceptors (Lipinski definition) is 3. The van der Waals surface area contributed by atoms with Crippen LogP contribution in [-0.4, -0.2) is 27.7 Å². The van der Waals surface area contributed by atoms with Crippen LogP contribution in [0.2, 0.25) is 5.02 Å². The summed E-state index contributed by atoms with van der Waals surface area (Å²) in [6.07, 6.45) is 3.02. The maximum Gasteiger partial charge on any atom is 0.233 e. The van der Waals surface area contributed by atoms with E-state index in [0.29, 0.717) is 5.02 Å². The number of hydrogen-bond donors (Lipinski definition) is 2. The molecular formula is C13H14ClN3OS. The quantitative estimate of drug-likeness (QED) is 0.895. The second-order valence-electron chi connectivity index (χ2n) is 4.60. The van der Waals surface area contributed by atoms with Crippen molar-refractivity contribution in [3.63, 3.8) is 0 Å². The number of aromatic amines is 1. The van der Waals surface area contributed by atoms with Crippen LogP contribution in [0, 0.1) is 0 Å². The van der Waals surface area contributed by atoms with Crippen LogP contribution in [0.1, 0.15) is 19.3 Å². The van der Waals surface area contributed by atoms with Crippen molar-refractivity contribution in [2.45, 2.75) is 29.7 Å². The standard InChI is InChI=1S/C13H14ClN3OS/c14-8-4-5-9-10(7-8)17-13(16-9)19-11-3-1-2-6-15-12(11)18/h4-5,7,11H,1-3,6H2,(H,15,18)(H,16,17)/t11-/m1/s1. The number of carbonyl (C=O) groups excluding carboxylic acids is 1. The van der Waals surface area contributed by atoms with Crippen molar-refractivity contribution in [2.75, 3.05) is 6.54 Å². The Bertz CT molecular complexity index is 613. The first-order valence-corrected chi connectivity index (χ1v) is 7.58. The van der Waals surface area contributed by atoms with Gasteiger partial charge in [-0.05, 0) is 31.0 Å². The first-order valence-electron chi connectivity index (χ1n) is 6.32. The highest BCUT2D eigenvalue weighted by molar-refractivity contribution is 8.00. The number of thioether (sulfide) groups is 1. The number of imidazole rings is 1. The second-order valence-corrected chi connectivity index (χ2v) is 6.22. The molecule has 1 aromatic carbocycles. The SMILES string of the molecule is O=C1NCCCC[C@H]1Sc1nc2ccc(Cl)cc2[nH]1. The molecule has 0 aliphatic carbocycles. The second kappa shape index (κ2) is 5.43. The number of nitrogens with one attached hydrogen (secondary N) is 2. The fourth-order valence-electron chi connectivity index (χ4n) is 2.17. The van der Waals surface area contributed by atoms with Crippen molar-refractivity contribution < 1.29 is 4.79 Å². The van der Waals surface area contributed by atoms with Gasteiger partial charge in [0.15, 0.2) is 5.16 Å². The molecule has 1 saturated heterocycles. The van der Waals surface area contributed by atoms with Crippen LogP contribution >= 0.6 is 23.4 Å². The monoisotopic (exact) mass is 295 g/mol. The molecule has 2 N–H and O–H groups in total. The highest BCUT2D eigenvalue weighted by Crippen LogP contribution is 2.28. The van der Waals surface area contributed by atoms with Crippen molar-refractivity contribution >= 4 is 40.3 Å². The topological polar surface area (TPSA) is 57.8 Å². The molecule has 0 saturated carbocycles. The Morgan fingerprint density at radius 3 is 3.16 bits per heavy atom. The van der Waals surface area contributed by atoms with E-state index in [0.717, 1.165) is 42.0 Å². The van der Waals surface area contributed by atoms with Gasteiger partial charge in [-0.1, -0.05) is 29.8 Å². The fraction of sp³-hybridized carbons (Fsp3) is 0.385. The molecule has 3 rings (SSSR count). The largest absolute Gasteiger partial charge is 0.355 e. The lowest BCUT2D eigenvalue weighted by atomic mass is 10.2. The van der Waals surface area contributed by atoms with E-state index in [-0.39, 0.29) is 11.2 Å². The van der Waals surface area contributed by atoms with Crippen LogP contribution in [0.25, 0.3) is 11.0 Å². The number of H-pyrrole nitrogens is 1. The zero-order chi connectivity index (χ0) is 13.2. The van der Waals surface area contributed by atoms with Crippen molar-refractivity contribution in [1.82, 2.24) is 15.3 Å². The Kier molecular flexibility index (Phi) is 3.66. The summed E-state index contributed by atoms with van der Waals surface area (Å²) in [5, 5.41) is 4.34. The van der Waals surface area contributed by atoms with Crippen molar-refractivity contribution in [3.8, 4) is 0 Å².